The summed E-state index contributed by atoms with van der Waals surface area (Å²) in [5.74, 6) is 0. The van der Waals surface area contributed by atoms with Gasteiger partial charge in [0.2, 0.25) is 0 Å². The van der Waals surface area contributed by atoms with E-state index in [1.54, 1.807) is 11.3 Å². The van der Waals surface area contributed by atoms with E-state index in [-0.39, 0.29) is 0 Å². The molecule has 3 heteroatoms. The molecule has 0 saturated heterocycles. The fraction of sp³-hybridized carbons (Fsp3) is 0.200. The minimum Gasteiger partial charge on any atom is -0.397 e. The molecule has 13 heavy (non-hydrogen) atoms. The Kier molecular flexibility index (Phi) is 2.30. The lowest BCUT2D eigenvalue weighted by Crippen LogP contribution is -1.93. The first kappa shape index (κ1) is 9.03. The normalized spacial score (nSPS) is 10.9. The number of hydrogen-bond donors (Lipinski definition) is 1. The molecule has 0 amide bonds. The summed E-state index contributed by atoms with van der Waals surface area (Å²) in [5, 5.41) is 3.30. The average molecular weight is 256 g/mol. The molecule has 0 radical (unpaired) electrons. The first-order chi connectivity index (χ1) is 6.24. The maximum Gasteiger partial charge on any atom is 0.0575 e. The van der Waals surface area contributed by atoms with E-state index in [1.165, 1.54) is 15.6 Å². The van der Waals surface area contributed by atoms with E-state index < -0.39 is 0 Å². The summed E-state index contributed by atoms with van der Waals surface area (Å²) in [6.45, 7) is 2.12. The minimum absolute atomic E-state index is 0.932. The van der Waals surface area contributed by atoms with Crippen LogP contribution in [0.2, 0.25) is 0 Å². The summed E-state index contributed by atoms with van der Waals surface area (Å²) in [6, 6.07) is 4.24. The van der Waals surface area contributed by atoms with Gasteiger partial charge in [-0.1, -0.05) is 22.9 Å². The lowest BCUT2D eigenvalue weighted by Gasteiger charge is -2.06. The van der Waals surface area contributed by atoms with E-state index in [0.717, 1.165) is 16.6 Å². The van der Waals surface area contributed by atoms with Crippen molar-refractivity contribution in [3.8, 4) is 0 Å². The molecule has 0 saturated carbocycles. The molecule has 0 aliphatic heterocycles. The van der Waals surface area contributed by atoms with Gasteiger partial charge in [-0.3, -0.25) is 0 Å². The van der Waals surface area contributed by atoms with Gasteiger partial charge in [0, 0.05) is 4.47 Å². The Morgan fingerprint density at radius 1 is 1.54 bits per heavy atom. The molecule has 0 atom stereocenters. The average Bonchev–Trinajstić information content (AvgIpc) is 2.53. The number of benzene rings is 1. The Morgan fingerprint density at radius 2 is 2.31 bits per heavy atom. The van der Waals surface area contributed by atoms with Crippen molar-refractivity contribution in [1.29, 1.82) is 0 Å². The van der Waals surface area contributed by atoms with Crippen molar-refractivity contribution in [3.63, 3.8) is 0 Å². The van der Waals surface area contributed by atoms with Crippen molar-refractivity contribution in [2.24, 2.45) is 0 Å². The van der Waals surface area contributed by atoms with Crippen molar-refractivity contribution in [2.75, 3.05) is 5.73 Å². The maximum absolute atomic E-state index is 6.06. The van der Waals surface area contributed by atoms with Crippen LogP contribution in [0.5, 0.6) is 0 Å². The minimum atomic E-state index is 0.932. The molecular formula is C10H10BrNS. The number of nitrogen functional groups attached to an aromatic ring is 1. The maximum atomic E-state index is 6.06. The van der Waals surface area contributed by atoms with Crippen molar-refractivity contribution in [2.45, 2.75) is 13.3 Å². The van der Waals surface area contributed by atoms with E-state index in [9.17, 15) is 0 Å². The molecule has 0 bridgehead atoms. The SMILES string of the molecule is CCc1c(Br)cc2ccsc2c1N. The third-order valence-corrected chi connectivity index (χ3v) is 3.86. The number of anilines is 1. The fourth-order valence-corrected chi connectivity index (χ4v) is 3.10. The lowest BCUT2D eigenvalue weighted by molar-refractivity contribution is 1.14. The third kappa shape index (κ3) is 1.36. The van der Waals surface area contributed by atoms with Crippen molar-refractivity contribution < 1.29 is 0 Å². The predicted octanol–water partition coefficient (Wildman–Crippen LogP) is 3.81. The van der Waals surface area contributed by atoms with Crippen LogP contribution in [0, 0.1) is 0 Å². The lowest BCUT2D eigenvalue weighted by atomic mass is 10.1. The summed E-state index contributed by atoms with van der Waals surface area (Å²) < 4.78 is 2.33. The van der Waals surface area contributed by atoms with Crippen LogP contribution in [0.4, 0.5) is 5.69 Å². The summed E-state index contributed by atoms with van der Waals surface area (Å²) in [7, 11) is 0. The Labute approximate surface area is 89.7 Å². The molecular weight excluding hydrogens is 246 g/mol. The van der Waals surface area contributed by atoms with Gasteiger partial charge in [0.15, 0.2) is 0 Å². The second-order valence-electron chi connectivity index (χ2n) is 2.94. The van der Waals surface area contributed by atoms with Crippen molar-refractivity contribution in [1.82, 2.24) is 0 Å². The second-order valence-corrected chi connectivity index (χ2v) is 4.71. The van der Waals surface area contributed by atoms with E-state index in [2.05, 4.69) is 40.4 Å². The topological polar surface area (TPSA) is 26.0 Å². The highest BCUT2D eigenvalue weighted by Gasteiger charge is 2.08. The number of rotatable bonds is 1. The van der Waals surface area contributed by atoms with Gasteiger partial charge in [0.05, 0.1) is 10.4 Å². The largest absolute Gasteiger partial charge is 0.397 e. The fourth-order valence-electron chi connectivity index (χ4n) is 1.50. The molecule has 0 unspecified atom stereocenters. The first-order valence-corrected chi connectivity index (χ1v) is 5.85. The predicted molar refractivity (Wildman–Crippen MR) is 63.3 cm³/mol. The zero-order chi connectivity index (χ0) is 9.42. The highest BCUT2D eigenvalue weighted by molar-refractivity contribution is 9.10. The molecule has 0 spiro atoms. The zero-order valence-electron chi connectivity index (χ0n) is 7.30. The van der Waals surface area contributed by atoms with Crippen LogP contribution >= 0.6 is 27.3 Å². The molecule has 0 aliphatic rings. The quantitative estimate of drug-likeness (QED) is 0.771. The Hall–Kier alpha value is -0.540. The highest BCUT2D eigenvalue weighted by atomic mass is 79.9. The molecule has 2 aromatic rings. The number of hydrogen-bond acceptors (Lipinski definition) is 2. The summed E-state index contributed by atoms with van der Waals surface area (Å²) >= 11 is 5.24. The standard InChI is InChI=1S/C10H10BrNS/c1-2-7-8(11)5-6-3-4-13-10(6)9(7)12/h3-5H,2,12H2,1H3. The number of thiophene rings is 1. The molecule has 2 rings (SSSR count). The molecule has 2 N–H and O–H groups in total. The van der Waals surface area contributed by atoms with Crippen LogP contribution < -0.4 is 5.73 Å². The summed E-state index contributed by atoms with van der Waals surface area (Å²) in [4.78, 5) is 0. The Bertz CT molecular complexity index is 447. The van der Waals surface area contributed by atoms with E-state index in [0.29, 0.717) is 0 Å². The van der Waals surface area contributed by atoms with Gasteiger partial charge in [-0.05, 0) is 34.9 Å². The van der Waals surface area contributed by atoms with Gasteiger partial charge in [-0.15, -0.1) is 11.3 Å². The van der Waals surface area contributed by atoms with Crippen LogP contribution in [-0.2, 0) is 6.42 Å². The zero-order valence-corrected chi connectivity index (χ0v) is 9.71. The van der Waals surface area contributed by atoms with Gasteiger partial charge in [0.25, 0.3) is 0 Å². The monoisotopic (exact) mass is 255 g/mol. The van der Waals surface area contributed by atoms with Crippen LogP contribution in [0.1, 0.15) is 12.5 Å². The highest BCUT2D eigenvalue weighted by Crippen LogP contribution is 2.34. The van der Waals surface area contributed by atoms with E-state index in [1.807, 2.05) is 0 Å². The van der Waals surface area contributed by atoms with Crippen LogP contribution in [-0.4, -0.2) is 0 Å². The molecule has 1 heterocycles. The molecule has 1 aromatic heterocycles. The third-order valence-electron chi connectivity index (χ3n) is 2.19. The van der Waals surface area contributed by atoms with Crippen LogP contribution in [0.15, 0.2) is 22.0 Å². The second kappa shape index (κ2) is 3.31. The molecule has 1 nitrogen and oxygen atoms in total. The smallest absolute Gasteiger partial charge is 0.0575 e. The summed E-state index contributed by atoms with van der Waals surface area (Å²) in [6.07, 6.45) is 0.972. The van der Waals surface area contributed by atoms with Crippen molar-refractivity contribution in [3.05, 3.63) is 27.5 Å². The number of nitrogens with two attached hydrogens (primary N) is 1. The van der Waals surface area contributed by atoms with E-state index >= 15 is 0 Å². The Balaban J connectivity index is 2.85. The molecule has 0 fully saturated rings. The number of halogens is 1. The first-order valence-electron chi connectivity index (χ1n) is 4.18. The van der Waals surface area contributed by atoms with Crippen LogP contribution in [0.3, 0.4) is 0 Å². The van der Waals surface area contributed by atoms with Gasteiger partial charge < -0.3 is 5.73 Å². The van der Waals surface area contributed by atoms with Crippen molar-refractivity contribution >= 4 is 43.0 Å². The molecule has 68 valence electrons. The van der Waals surface area contributed by atoms with Gasteiger partial charge >= 0.3 is 0 Å². The molecule has 0 aliphatic carbocycles. The van der Waals surface area contributed by atoms with Crippen LogP contribution in [0.25, 0.3) is 10.1 Å². The van der Waals surface area contributed by atoms with Gasteiger partial charge in [-0.25, -0.2) is 0 Å². The van der Waals surface area contributed by atoms with Gasteiger partial charge in [0.1, 0.15) is 0 Å². The molecule has 1 aromatic carbocycles. The van der Waals surface area contributed by atoms with E-state index in [4.69, 9.17) is 5.73 Å². The van der Waals surface area contributed by atoms with Gasteiger partial charge in [-0.2, -0.15) is 0 Å². The number of fused-ring (bicyclic) bond motifs is 1. The Morgan fingerprint density at radius 3 is 3.00 bits per heavy atom. The summed E-state index contributed by atoms with van der Waals surface area (Å²) in [5.41, 5.74) is 8.21.